The van der Waals surface area contributed by atoms with Crippen LogP contribution in [0.15, 0.2) is 72.4 Å². The van der Waals surface area contributed by atoms with Gasteiger partial charge in [0.15, 0.2) is 4.96 Å². The maximum atomic E-state index is 4.70. The first-order valence-corrected chi connectivity index (χ1v) is 10.3. The summed E-state index contributed by atoms with van der Waals surface area (Å²) in [6.45, 7) is 5.41. The molecule has 2 aromatic heterocycles. The van der Waals surface area contributed by atoms with Crippen LogP contribution in [-0.2, 0) is 6.54 Å². The number of hydrogen-bond acceptors (Lipinski definition) is 4. The molecule has 0 aliphatic carbocycles. The minimum absolute atomic E-state index is 1.04. The van der Waals surface area contributed by atoms with Crippen LogP contribution in [0.25, 0.3) is 16.2 Å². The predicted molar refractivity (Wildman–Crippen MR) is 112 cm³/mol. The number of rotatable bonds is 4. The fourth-order valence-electron chi connectivity index (χ4n) is 3.72. The SMILES string of the molecule is c1ccc(CN2CCN(c3ccc(-c4cn5ccsc5n4)cc3)CC2)cc1. The van der Waals surface area contributed by atoms with Gasteiger partial charge < -0.3 is 4.90 Å². The van der Waals surface area contributed by atoms with Crippen LogP contribution in [0.5, 0.6) is 0 Å². The molecule has 0 radical (unpaired) electrons. The van der Waals surface area contributed by atoms with E-state index in [-0.39, 0.29) is 0 Å². The molecule has 1 saturated heterocycles. The van der Waals surface area contributed by atoms with Gasteiger partial charge in [-0.2, -0.15) is 0 Å². The van der Waals surface area contributed by atoms with E-state index in [4.69, 9.17) is 4.98 Å². The highest BCUT2D eigenvalue weighted by Crippen LogP contribution is 2.25. The highest BCUT2D eigenvalue weighted by atomic mass is 32.1. The molecule has 0 saturated carbocycles. The van der Waals surface area contributed by atoms with Gasteiger partial charge in [0, 0.05) is 61.7 Å². The molecule has 0 N–H and O–H groups in total. The van der Waals surface area contributed by atoms with Gasteiger partial charge in [-0.15, -0.1) is 11.3 Å². The summed E-state index contributed by atoms with van der Waals surface area (Å²) in [7, 11) is 0. The highest BCUT2D eigenvalue weighted by Gasteiger charge is 2.17. The Hall–Kier alpha value is -2.63. The van der Waals surface area contributed by atoms with Crippen LogP contribution in [0.4, 0.5) is 5.69 Å². The van der Waals surface area contributed by atoms with E-state index in [2.05, 4.69) is 86.6 Å². The predicted octanol–water partition coefficient (Wildman–Crippen LogP) is 4.39. The lowest BCUT2D eigenvalue weighted by atomic mass is 10.1. The summed E-state index contributed by atoms with van der Waals surface area (Å²) in [5, 5.41) is 2.06. The van der Waals surface area contributed by atoms with Crippen molar-refractivity contribution in [3.63, 3.8) is 0 Å². The number of piperazine rings is 1. The lowest BCUT2D eigenvalue weighted by Gasteiger charge is -2.36. The van der Waals surface area contributed by atoms with Crippen molar-refractivity contribution in [2.24, 2.45) is 0 Å². The average molecular weight is 375 g/mol. The van der Waals surface area contributed by atoms with Crippen molar-refractivity contribution in [2.75, 3.05) is 31.1 Å². The number of fused-ring (bicyclic) bond motifs is 1. The topological polar surface area (TPSA) is 23.8 Å². The molecular formula is C22H22N4S. The van der Waals surface area contributed by atoms with Crippen LogP contribution >= 0.6 is 11.3 Å². The van der Waals surface area contributed by atoms with Gasteiger partial charge in [0.1, 0.15) is 0 Å². The fourth-order valence-corrected chi connectivity index (χ4v) is 4.42. The molecule has 0 bridgehead atoms. The quantitative estimate of drug-likeness (QED) is 0.529. The number of anilines is 1. The number of thiazole rings is 1. The number of benzene rings is 2. The van der Waals surface area contributed by atoms with Crippen molar-refractivity contribution in [2.45, 2.75) is 6.54 Å². The fraction of sp³-hybridized carbons (Fsp3) is 0.227. The first-order chi connectivity index (χ1) is 13.3. The van der Waals surface area contributed by atoms with Crippen molar-refractivity contribution < 1.29 is 0 Å². The molecule has 0 atom stereocenters. The van der Waals surface area contributed by atoms with Gasteiger partial charge in [0.05, 0.1) is 5.69 Å². The number of nitrogens with zero attached hydrogens (tertiary/aromatic N) is 4. The largest absolute Gasteiger partial charge is 0.369 e. The summed E-state index contributed by atoms with van der Waals surface area (Å²) in [5.74, 6) is 0. The Morgan fingerprint density at radius 3 is 2.41 bits per heavy atom. The molecule has 1 aliphatic heterocycles. The smallest absolute Gasteiger partial charge is 0.194 e. The number of imidazole rings is 1. The van der Waals surface area contributed by atoms with Gasteiger partial charge in [0.2, 0.25) is 0 Å². The third-order valence-corrected chi connectivity index (χ3v) is 6.01. The van der Waals surface area contributed by atoms with Crippen LogP contribution in [0.1, 0.15) is 5.56 Å². The number of hydrogen-bond donors (Lipinski definition) is 0. The van der Waals surface area contributed by atoms with Crippen molar-refractivity contribution >= 4 is 22.0 Å². The molecule has 0 spiro atoms. The van der Waals surface area contributed by atoms with E-state index in [1.165, 1.54) is 16.8 Å². The van der Waals surface area contributed by atoms with E-state index >= 15 is 0 Å². The molecule has 4 aromatic rings. The Morgan fingerprint density at radius 1 is 0.889 bits per heavy atom. The monoisotopic (exact) mass is 374 g/mol. The average Bonchev–Trinajstić information content (AvgIpc) is 3.32. The van der Waals surface area contributed by atoms with Gasteiger partial charge in [-0.05, 0) is 17.7 Å². The molecule has 1 fully saturated rings. The molecule has 5 rings (SSSR count). The van der Waals surface area contributed by atoms with E-state index in [1.807, 2.05) is 0 Å². The Kier molecular flexibility index (Phi) is 4.40. The molecule has 0 amide bonds. The zero-order valence-electron chi connectivity index (χ0n) is 15.2. The first kappa shape index (κ1) is 16.5. The molecule has 1 aliphatic rings. The van der Waals surface area contributed by atoms with Gasteiger partial charge in [0.25, 0.3) is 0 Å². The minimum Gasteiger partial charge on any atom is -0.369 e. The van der Waals surface area contributed by atoms with E-state index in [1.54, 1.807) is 11.3 Å². The Bertz CT molecular complexity index is 983. The minimum atomic E-state index is 1.04. The van der Waals surface area contributed by atoms with Crippen LogP contribution in [0.2, 0.25) is 0 Å². The molecule has 3 heterocycles. The van der Waals surface area contributed by atoms with Crippen LogP contribution in [-0.4, -0.2) is 40.5 Å². The maximum Gasteiger partial charge on any atom is 0.194 e. The lowest BCUT2D eigenvalue weighted by Crippen LogP contribution is -2.45. The molecule has 27 heavy (non-hydrogen) atoms. The molecule has 0 unspecified atom stereocenters. The molecule has 2 aromatic carbocycles. The second-order valence-corrected chi connectivity index (χ2v) is 7.89. The van der Waals surface area contributed by atoms with Crippen LogP contribution < -0.4 is 4.90 Å². The second-order valence-electron chi connectivity index (χ2n) is 7.01. The van der Waals surface area contributed by atoms with Crippen molar-refractivity contribution in [3.8, 4) is 11.3 Å². The lowest BCUT2D eigenvalue weighted by molar-refractivity contribution is 0.250. The summed E-state index contributed by atoms with van der Waals surface area (Å²) in [6, 6.07) is 19.6. The second kappa shape index (κ2) is 7.18. The Morgan fingerprint density at radius 2 is 1.67 bits per heavy atom. The van der Waals surface area contributed by atoms with Crippen molar-refractivity contribution in [3.05, 3.63) is 77.9 Å². The third kappa shape index (κ3) is 3.48. The van der Waals surface area contributed by atoms with E-state index in [0.29, 0.717) is 0 Å². The summed E-state index contributed by atoms with van der Waals surface area (Å²) in [5.41, 5.74) is 4.92. The summed E-state index contributed by atoms with van der Waals surface area (Å²) in [6.07, 6.45) is 4.16. The molecule has 5 heteroatoms. The van der Waals surface area contributed by atoms with E-state index in [9.17, 15) is 0 Å². The molecule has 4 nitrogen and oxygen atoms in total. The Labute approximate surface area is 163 Å². The van der Waals surface area contributed by atoms with E-state index < -0.39 is 0 Å². The normalized spacial score (nSPS) is 15.5. The maximum absolute atomic E-state index is 4.70. The number of aromatic nitrogens is 2. The van der Waals surface area contributed by atoms with Gasteiger partial charge in [-0.25, -0.2) is 4.98 Å². The van der Waals surface area contributed by atoms with Gasteiger partial charge in [-0.3, -0.25) is 9.30 Å². The van der Waals surface area contributed by atoms with Gasteiger partial charge in [-0.1, -0.05) is 42.5 Å². The first-order valence-electron chi connectivity index (χ1n) is 9.39. The van der Waals surface area contributed by atoms with Crippen molar-refractivity contribution in [1.82, 2.24) is 14.3 Å². The zero-order chi connectivity index (χ0) is 18.1. The molecular weight excluding hydrogens is 352 g/mol. The zero-order valence-corrected chi connectivity index (χ0v) is 16.0. The summed E-state index contributed by atoms with van der Waals surface area (Å²) in [4.78, 5) is 10.8. The summed E-state index contributed by atoms with van der Waals surface area (Å²) >= 11 is 1.67. The standard InChI is InChI=1S/C22H22N4S/c1-2-4-18(5-3-1)16-24-10-12-25(13-11-24)20-8-6-19(7-9-20)21-17-26-14-15-27-22(26)23-21/h1-9,14-15,17H,10-13,16H2. The van der Waals surface area contributed by atoms with Crippen LogP contribution in [0, 0.1) is 0 Å². The Balaban J connectivity index is 1.23. The highest BCUT2D eigenvalue weighted by molar-refractivity contribution is 7.15. The molecule has 136 valence electrons. The van der Waals surface area contributed by atoms with E-state index in [0.717, 1.165) is 43.4 Å². The van der Waals surface area contributed by atoms with Crippen LogP contribution in [0.3, 0.4) is 0 Å². The van der Waals surface area contributed by atoms with Crippen molar-refractivity contribution in [1.29, 1.82) is 0 Å². The van der Waals surface area contributed by atoms with Gasteiger partial charge >= 0.3 is 0 Å². The third-order valence-electron chi connectivity index (χ3n) is 5.24. The summed E-state index contributed by atoms with van der Waals surface area (Å²) < 4.78 is 2.08.